The molecular formula is C16H21FN2. The van der Waals surface area contributed by atoms with Crippen molar-refractivity contribution in [3.63, 3.8) is 0 Å². The van der Waals surface area contributed by atoms with Crippen LogP contribution in [0, 0.1) is 0 Å². The Morgan fingerprint density at radius 3 is 2.84 bits per heavy atom. The summed E-state index contributed by atoms with van der Waals surface area (Å²) in [6.45, 7) is 7.78. The van der Waals surface area contributed by atoms with E-state index in [2.05, 4.69) is 41.1 Å². The fourth-order valence-corrected chi connectivity index (χ4v) is 3.33. The molecule has 1 aliphatic rings. The van der Waals surface area contributed by atoms with E-state index in [-0.39, 0.29) is 0 Å². The van der Waals surface area contributed by atoms with Gasteiger partial charge in [0.15, 0.2) is 0 Å². The van der Waals surface area contributed by atoms with Crippen molar-refractivity contribution in [2.75, 3.05) is 13.1 Å². The number of halogens is 1. The van der Waals surface area contributed by atoms with Crippen molar-refractivity contribution in [3.05, 3.63) is 35.5 Å². The first-order chi connectivity index (χ1) is 8.94. The third-order valence-electron chi connectivity index (χ3n) is 3.83. The number of nitrogens with zero attached hydrogens (tertiary/aromatic N) is 1. The van der Waals surface area contributed by atoms with Crippen LogP contribution in [0.2, 0.25) is 0 Å². The fourth-order valence-electron chi connectivity index (χ4n) is 3.33. The molecule has 19 heavy (non-hydrogen) atoms. The number of hydrogen-bond acceptors (Lipinski definition) is 1. The van der Waals surface area contributed by atoms with E-state index < -0.39 is 5.67 Å². The summed E-state index contributed by atoms with van der Waals surface area (Å²) in [7, 11) is 0. The molecule has 1 aromatic heterocycles. The maximum atomic E-state index is 13.8. The molecule has 1 atom stereocenters. The molecule has 2 heterocycles. The summed E-state index contributed by atoms with van der Waals surface area (Å²) in [6, 6.07) is 8.43. The lowest BCUT2D eigenvalue weighted by atomic mass is 9.93. The third-order valence-corrected chi connectivity index (χ3v) is 3.83. The Kier molecular flexibility index (Phi) is 2.90. The molecule has 1 aromatic carbocycles. The number of para-hydroxylation sites is 1. The van der Waals surface area contributed by atoms with Crippen molar-refractivity contribution in [2.24, 2.45) is 0 Å². The number of rotatable bonds is 2. The topological polar surface area (TPSA) is 19.0 Å². The quantitative estimate of drug-likeness (QED) is 0.869. The van der Waals surface area contributed by atoms with Crippen molar-refractivity contribution in [2.45, 2.75) is 38.9 Å². The summed E-state index contributed by atoms with van der Waals surface area (Å²) in [5.41, 5.74) is 2.73. The number of aromatic amines is 1. The second kappa shape index (κ2) is 4.34. The van der Waals surface area contributed by atoms with Gasteiger partial charge in [-0.15, -0.1) is 0 Å². The lowest BCUT2D eigenvalue weighted by molar-refractivity contribution is 0.110. The molecule has 1 N–H and O–H groups in total. The minimum atomic E-state index is -1.14. The number of fused-ring (bicyclic) bond motifs is 3. The highest BCUT2D eigenvalue weighted by Crippen LogP contribution is 2.34. The van der Waals surface area contributed by atoms with E-state index in [0.717, 1.165) is 13.1 Å². The zero-order valence-electron chi connectivity index (χ0n) is 11.8. The molecule has 0 amide bonds. The van der Waals surface area contributed by atoms with Crippen LogP contribution in [0.3, 0.4) is 0 Å². The number of H-pyrrole nitrogens is 1. The second-order valence-corrected chi connectivity index (χ2v) is 6.35. The van der Waals surface area contributed by atoms with Crippen molar-refractivity contribution < 1.29 is 4.39 Å². The number of alkyl halides is 1. The van der Waals surface area contributed by atoms with Crippen LogP contribution in [-0.2, 0) is 6.54 Å². The van der Waals surface area contributed by atoms with E-state index in [1.807, 2.05) is 0 Å². The zero-order valence-corrected chi connectivity index (χ0v) is 11.8. The number of benzene rings is 1. The average molecular weight is 260 g/mol. The molecule has 1 aliphatic heterocycles. The molecule has 0 saturated carbocycles. The SMILES string of the molecule is C[C@@H]1CN(CC(C)(C)F)Cc2[nH]c3ccccc3c21. The Balaban J connectivity index is 1.96. The molecule has 0 saturated heterocycles. The Morgan fingerprint density at radius 2 is 2.11 bits per heavy atom. The smallest absolute Gasteiger partial charge is 0.118 e. The summed E-state index contributed by atoms with van der Waals surface area (Å²) in [4.78, 5) is 5.71. The van der Waals surface area contributed by atoms with Crippen molar-refractivity contribution in [1.82, 2.24) is 9.88 Å². The average Bonchev–Trinajstić information content (AvgIpc) is 2.64. The molecule has 0 aliphatic carbocycles. The predicted octanol–water partition coefficient (Wildman–Crippen LogP) is 3.84. The molecule has 2 nitrogen and oxygen atoms in total. The van der Waals surface area contributed by atoms with E-state index in [1.54, 1.807) is 13.8 Å². The van der Waals surface area contributed by atoms with Gasteiger partial charge in [0.25, 0.3) is 0 Å². The molecule has 2 aromatic rings. The summed E-state index contributed by atoms with van der Waals surface area (Å²) < 4.78 is 13.8. The van der Waals surface area contributed by atoms with Crippen LogP contribution < -0.4 is 0 Å². The Hall–Kier alpha value is -1.35. The fraction of sp³-hybridized carbons (Fsp3) is 0.500. The van der Waals surface area contributed by atoms with Gasteiger partial charge in [-0.25, -0.2) is 4.39 Å². The minimum Gasteiger partial charge on any atom is -0.357 e. The molecule has 102 valence electrons. The van der Waals surface area contributed by atoms with Crippen LogP contribution >= 0.6 is 0 Å². The lowest BCUT2D eigenvalue weighted by Crippen LogP contribution is -2.40. The van der Waals surface area contributed by atoms with Crippen LogP contribution in [0.4, 0.5) is 4.39 Å². The number of hydrogen-bond donors (Lipinski definition) is 1. The van der Waals surface area contributed by atoms with Gasteiger partial charge in [0, 0.05) is 36.2 Å². The van der Waals surface area contributed by atoms with Crippen molar-refractivity contribution >= 4 is 10.9 Å². The normalized spacial score (nSPS) is 20.7. The highest BCUT2D eigenvalue weighted by atomic mass is 19.1. The maximum absolute atomic E-state index is 13.8. The molecule has 0 bridgehead atoms. The highest BCUT2D eigenvalue weighted by Gasteiger charge is 2.29. The predicted molar refractivity (Wildman–Crippen MR) is 77.2 cm³/mol. The molecule has 0 fully saturated rings. The van der Waals surface area contributed by atoms with Crippen molar-refractivity contribution in [3.8, 4) is 0 Å². The largest absolute Gasteiger partial charge is 0.357 e. The Bertz CT molecular complexity index is 594. The first kappa shape index (κ1) is 12.7. The minimum absolute atomic E-state index is 0.447. The Morgan fingerprint density at radius 1 is 1.37 bits per heavy atom. The van der Waals surface area contributed by atoms with E-state index >= 15 is 0 Å². The van der Waals surface area contributed by atoms with E-state index in [9.17, 15) is 4.39 Å². The monoisotopic (exact) mass is 260 g/mol. The standard InChI is InChI=1S/C16H21FN2/c1-11-8-19(10-16(2,3)17)9-14-15(11)12-6-4-5-7-13(12)18-14/h4-7,11,18H,8-10H2,1-3H3/t11-/m1/s1. The molecule has 0 unspecified atom stereocenters. The van der Waals surface area contributed by atoms with E-state index in [4.69, 9.17) is 0 Å². The van der Waals surface area contributed by atoms with Crippen molar-refractivity contribution in [1.29, 1.82) is 0 Å². The van der Waals surface area contributed by atoms with Crippen LogP contribution in [0.1, 0.15) is 37.9 Å². The molecule has 3 heteroatoms. The van der Waals surface area contributed by atoms with Gasteiger partial charge >= 0.3 is 0 Å². The van der Waals surface area contributed by atoms with E-state index in [0.29, 0.717) is 12.5 Å². The molecule has 3 rings (SSSR count). The molecule has 0 spiro atoms. The maximum Gasteiger partial charge on any atom is 0.118 e. The summed E-state index contributed by atoms with van der Waals surface area (Å²) in [5, 5.41) is 1.32. The van der Waals surface area contributed by atoms with Gasteiger partial charge in [-0.3, -0.25) is 4.90 Å². The van der Waals surface area contributed by atoms with Gasteiger partial charge < -0.3 is 4.98 Å². The van der Waals surface area contributed by atoms with E-state index in [1.165, 1.54) is 22.2 Å². The van der Waals surface area contributed by atoms with Crippen LogP contribution in [0.15, 0.2) is 24.3 Å². The summed E-state index contributed by atoms with van der Waals surface area (Å²) in [6.07, 6.45) is 0. The van der Waals surface area contributed by atoms with Gasteiger partial charge in [0.2, 0.25) is 0 Å². The number of nitrogens with one attached hydrogen (secondary N) is 1. The van der Waals surface area contributed by atoms with Gasteiger partial charge in [-0.1, -0.05) is 25.1 Å². The molecule has 0 radical (unpaired) electrons. The van der Waals surface area contributed by atoms with Gasteiger partial charge in [0.05, 0.1) is 0 Å². The Labute approximate surface area is 113 Å². The molecular weight excluding hydrogens is 239 g/mol. The summed E-state index contributed by atoms with van der Waals surface area (Å²) >= 11 is 0. The first-order valence-electron chi connectivity index (χ1n) is 6.95. The third kappa shape index (κ3) is 2.39. The van der Waals surface area contributed by atoms with Crippen LogP contribution in [0.5, 0.6) is 0 Å². The lowest BCUT2D eigenvalue weighted by Gasteiger charge is -2.34. The van der Waals surface area contributed by atoms with Gasteiger partial charge in [0.1, 0.15) is 5.67 Å². The summed E-state index contributed by atoms with van der Waals surface area (Å²) in [5.74, 6) is 0.447. The van der Waals surface area contributed by atoms with Crippen LogP contribution in [-0.4, -0.2) is 28.6 Å². The second-order valence-electron chi connectivity index (χ2n) is 6.35. The first-order valence-corrected chi connectivity index (χ1v) is 6.95. The number of aromatic nitrogens is 1. The zero-order chi connectivity index (χ0) is 13.6. The highest BCUT2D eigenvalue weighted by molar-refractivity contribution is 5.85. The van der Waals surface area contributed by atoms with Gasteiger partial charge in [-0.2, -0.15) is 0 Å². The van der Waals surface area contributed by atoms with Gasteiger partial charge in [-0.05, 0) is 31.4 Å². The van der Waals surface area contributed by atoms with Crippen LogP contribution in [0.25, 0.3) is 10.9 Å².